The third-order valence-electron chi connectivity index (χ3n) is 6.58. The lowest BCUT2D eigenvalue weighted by Gasteiger charge is -2.33. The van der Waals surface area contributed by atoms with E-state index in [1.165, 1.54) is 6.42 Å². The molecule has 2 saturated heterocycles. The Bertz CT molecular complexity index is 1000. The molecular formula is C26H32N4O3. The SMILES string of the molecule is NC(=O)c1ccc(N2CCCCC2)c(NC(=O)C2CCCN(C(=O)Cc3ccccc3)C2)c1. The van der Waals surface area contributed by atoms with Gasteiger partial charge in [0.1, 0.15) is 0 Å². The molecule has 3 N–H and O–H groups in total. The van der Waals surface area contributed by atoms with Gasteiger partial charge in [-0.1, -0.05) is 30.3 Å². The zero-order chi connectivity index (χ0) is 23.2. The first kappa shape index (κ1) is 22.8. The van der Waals surface area contributed by atoms with Crippen molar-refractivity contribution in [1.29, 1.82) is 0 Å². The molecule has 3 amide bonds. The average Bonchev–Trinajstić information content (AvgIpc) is 2.85. The van der Waals surface area contributed by atoms with Crippen molar-refractivity contribution in [3.05, 3.63) is 59.7 Å². The van der Waals surface area contributed by atoms with E-state index in [0.29, 0.717) is 30.8 Å². The van der Waals surface area contributed by atoms with E-state index in [-0.39, 0.29) is 17.7 Å². The summed E-state index contributed by atoms with van der Waals surface area (Å²) in [6.45, 7) is 2.92. The first-order chi connectivity index (χ1) is 16.0. The summed E-state index contributed by atoms with van der Waals surface area (Å²) in [6.07, 6.45) is 5.27. The third kappa shape index (κ3) is 5.72. The zero-order valence-electron chi connectivity index (χ0n) is 19.0. The highest BCUT2D eigenvalue weighted by molar-refractivity contribution is 6.00. The number of carbonyl (C=O) groups is 3. The Balaban J connectivity index is 1.46. The number of nitrogens with two attached hydrogens (primary N) is 1. The lowest BCUT2D eigenvalue weighted by molar-refractivity contribution is -0.133. The second-order valence-corrected chi connectivity index (χ2v) is 8.97. The summed E-state index contributed by atoms with van der Waals surface area (Å²) < 4.78 is 0. The Kier molecular flexibility index (Phi) is 7.27. The Morgan fingerprint density at radius 2 is 1.70 bits per heavy atom. The number of hydrogen-bond donors (Lipinski definition) is 2. The molecule has 7 nitrogen and oxygen atoms in total. The lowest BCUT2D eigenvalue weighted by Crippen LogP contribution is -2.44. The molecule has 2 aromatic rings. The number of nitrogens with zero attached hydrogens (tertiary/aromatic N) is 2. The molecule has 0 spiro atoms. The van der Waals surface area contributed by atoms with Gasteiger partial charge >= 0.3 is 0 Å². The molecular weight excluding hydrogens is 416 g/mol. The number of hydrogen-bond acceptors (Lipinski definition) is 4. The minimum atomic E-state index is -0.522. The number of rotatable bonds is 6. The fourth-order valence-electron chi connectivity index (χ4n) is 4.73. The molecule has 2 aromatic carbocycles. The Labute approximate surface area is 194 Å². The molecule has 2 heterocycles. The quantitative estimate of drug-likeness (QED) is 0.709. The molecule has 7 heteroatoms. The number of carbonyl (C=O) groups excluding carboxylic acids is 3. The van der Waals surface area contributed by atoms with Crippen LogP contribution < -0.4 is 16.0 Å². The van der Waals surface area contributed by atoms with Crippen LogP contribution in [0.15, 0.2) is 48.5 Å². The number of amides is 3. The molecule has 0 aromatic heterocycles. The highest BCUT2D eigenvalue weighted by Gasteiger charge is 2.29. The molecule has 4 rings (SSSR count). The van der Waals surface area contributed by atoms with E-state index in [2.05, 4.69) is 10.2 Å². The van der Waals surface area contributed by atoms with Gasteiger partial charge in [-0.25, -0.2) is 0 Å². The van der Waals surface area contributed by atoms with E-state index < -0.39 is 5.91 Å². The van der Waals surface area contributed by atoms with Crippen LogP contribution in [0.1, 0.15) is 48.0 Å². The Hall–Kier alpha value is -3.35. The summed E-state index contributed by atoms with van der Waals surface area (Å²) in [5.41, 5.74) is 8.37. The number of likely N-dealkylation sites (tertiary alicyclic amines) is 1. The molecule has 2 aliphatic heterocycles. The Morgan fingerprint density at radius 3 is 2.42 bits per heavy atom. The number of piperidine rings is 2. The fourth-order valence-corrected chi connectivity index (χ4v) is 4.73. The van der Waals surface area contributed by atoms with Gasteiger partial charge in [0.2, 0.25) is 17.7 Å². The molecule has 0 radical (unpaired) electrons. The minimum absolute atomic E-state index is 0.0448. The van der Waals surface area contributed by atoms with Crippen LogP contribution in [0, 0.1) is 5.92 Å². The zero-order valence-corrected chi connectivity index (χ0v) is 19.0. The summed E-state index contributed by atoms with van der Waals surface area (Å²) in [5, 5.41) is 3.06. The smallest absolute Gasteiger partial charge is 0.248 e. The molecule has 0 saturated carbocycles. The van der Waals surface area contributed by atoms with Crippen molar-refractivity contribution < 1.29 is 14.4 Å². The van der Waals surface area contributed by atoms with Gasteiger partial charge in [-0.3, -0.25) is 14.4 Å². The van der Waals surface area contributed by atoms with E-state index in [9.17, 15) is 14.4 Å². The van der Waals surface area contributed by atoms with Crippen molar-refractivity contribution in [2.24, 2.45) is 11.7 Å². The lowest BCUT2D eigenvalue weighted by atomic mass is 9.96. The number of anilines is 2. The van der Waals surface area contributed by atoms with Gasteiger partial charge < -0.3 is 20.9 Å². The van der Waals surface area contributed by atoms with Crippen LogP contribution in [0.25, 0.3) is 0 Å². The number of primary amides is 1. The molecule has 2 fully saturated rings. The highest BCUT2D eigenvalue weighted by atomic mass is 16.2. The topological polar surface area (TPSA) is 95.7 Å². The molecule has 174 valence electrons. The van der Waals surface area contributed by atoms with Crippen LogP contribution >= 0.6 is 0 Å². The van der Waals surface area contributed by atoms with Gasteiger partial charge in [0, 0.05) is 31.7 Å². The summed E-state index contributed by atoms with van der Waals surface area (Å²) >= 11 is 0. The van der Waals surface area contributed by atoms with E-state index in [1.54, 1.807) is 17.0 Å². The normalized spacial score (nSPS) is 18.6. The largest absolute Gasteiger partial charge is 0.370 e. The monoisotopic (exact) mass is 448 g/mol. The molecule has 1 atom stereocenters. The average molecular weight is 449 g/mol. The van der Waals surface area contributed by atoms with E-state index in [4.69, 9.17) is 5.73 Å². The fraction of sp³-hybridized carbons (Fsp3) is 0.423. The molecule has 33 heavy (non-hydrogen) atoms. The molecule has 0 bridgehead atoms. The van der Waals surface area contributed by atoms with Gasteiger partial charge in [-0.15, -0.1) is 0 Å². The van der Waals surface area contributed by atoms with Gasteiger partial charge in [0.25, 0.3) is 0 Å². The van der Waals surface area contributed by atoms with Gasteiger partial charge in [-0.05, 0) is 55.9 Å². The standard InChI is InChI=1S/C26H32N4O3/c27-25(32)20-11-12-23(29-13-5-2-6-14-29)22(17-20)28-26(33)21-10-7-15-30(18-21)24(31)16-19-8-3-1-4-9-19/h1,3-4,8-9,11-12,17,21H,2,5-7,10,13-16,18H2,(H2,27,32)(H,28,33). The Morgan fingerprint density at radius 1 is 0.939 bits per heavy atom. The van der Waals surface area contributed by atoms with Crippen molar-refractivity contribution >= 4 is 29.1 Å². The van der Waals surface area contributed by atoms with Gasteiger partial charge in [0.05, 0.1) is 23.7 Å². The van der Waals surface area contributed by atoms with E-state index in [1.807, 2.05) is 36.4 Å². The number of benzene rings is 2. The van der Waals surface area contributed by atoms with Crippen molar-refractivity contribution in [3.8, 4) is 0 Å². The summed E-state index contributed by atoms with van der Waals surface area (Å²) in [7, 11) is 0. The van der Waals surface area contributed by atoms with Crippen LogP contribution in [0.5, 0.6) is 0 Å². The number of nitrogens with one attached hydrogen (secondary N) is 1. The summed E-state index contributed by atoms with van der Waals surface area (Å²) in [5.74, 6) is -0.883. The highest BCUT2D eigenvalue weighted by Crippen LogP contribution is 2.31. The van der Waals surface area contributed by atoms with Crippen LogP contribution in [0.4, 0.5) is 11.4 Å². The van der Waals surface area contributed by atoms with Crippen LogP contribution in [0.2, 0.25) is 0 Å². The maximum Gasteiger partial charge on any atom is 0.248 e. The van der Waals surface area contributed by atoms with Crippen molar-refractivity contribution in [2.75, 3.05) is 36.4 Å². The first-order valence-electron chi connectivity index (χ1n) is 11.8. The maximum atomic E-state index is 13.2. The van der Waals surface area contributed by atoms with Crippen LogP contribution in [-0.2, 0) is 16.0 Å². The second kappa shape index (κ2) is 10.5. The minimum Gasteiger partial charge on any atom is -0.370 e. The molecule has 2 aliphatic rings. The van der Waals surface area contributed by atoms with Crippen molar-refractivity contribution in [3.63, 3.8) is 0 Å². The first-order valence-corrected chi connectivity index (χ1v) is 11.8. The van der Waals surface area contributed by atoms with Crippen LogP contribution in [0.3, 0.4) is 0 Å². The predicted molar refractivity (Wildman–Crippen MR) is 129 cm³/mol. The molecule has 0 aliphatic carbocycles. The predicted octanol–water partition coefficient (Wildman–Crippen LogP) is 3.20. The van der Waals surface area contributed by atoms with Crippen LogP contribution in [-0.4, -0.2) is 48.8 Å². The molecule has 1 unspecified atom stereocenters. The van der Waals surface area contributed by atoms with Crippen molar-refractivity contribution in [2.45, 2.75) is 38.5 Å². The third-order valence-corrected chi connectivity index (χ3v) is 6.58. The van der Waals surface area contributed by atoms with Gasteiger partial charge in [0.15, 0.2) is 0 Å². The maximum absolute atomic E-state index is 13.2. The summed E-state index contributed by atoms with van der Waals surface area (Å²) in [4.78, 5) is 41.8. The summed E-state index contributed by atoms with van der Waals surface area (Å²) in [6, 6.07) is 14.9. The van der Waals surface area contributed by atoms with Gasteiger partial charge in [-0.2, -0.15) is 0 Å². The second-order valence-electron chi connectivity index (χ2n) is 8.97. The van der Waals surface area contributed by atoms with E-state index >= 15 is 0 Å². The van der Waals surface area contributed by atoms with Crippen molar-refractivity contribution in [1.82, 2.24) is 4.90 Å². The van der Waals surface area contributed by atoms with E-state index in [0.717, 1.165) is 50.0 Å².